The molecule has 4 N–H and O–H groups in total. The van der Waals surface area contributed by atoms with Crippen LogP contribution in [-0.4, -0.2) is 21.4 Å². The summed E-state index contributed by atoms with van der Waals surface area (Å²) in [6.45, 7) is 0.673. The van der Waals surface area contributed by atoms with Gasteiger partial charge in [-0.1, -0.05) is 32.1 Å². The number of hydrogen-bond acceptors (Lipinski definition) is 7. The number of rotatable bonds is 6. The normalized spacial score (nSPS) is 15.8. The first-order chi connectivity index (χ1) is 9.70. The van der Waals surface area contributed by atoms with E-state index in [9.17, 15) is 10.1 Å². The second-order valence-electron chi connectivity index (χ2n) is 5.05. The van der Waals surface area contributed by atoms with E-state index in [1.54, 1.807) is 0 Å². The van der Waals surface area contributed by atoms with E-state index in [1.807, 2.05) is 0 Å². The maximum absolute atomic E-state index is 10.9. The van der Waals surface area contributed by atoms with Crippen molar-refractivity contribution in [2.75, 3.05) is 17.3 Å². The molecule has 8 heteroatoms. The van der Waals surface area contributed by atoms with Crippen LogP contribution >= 0.6 is 0 Å². The smallest absolute Gasteiger partial charge is 0.329 e. The van der Waals surface area contributed by atoms with E-state index in [0.717, 1.165) is 12.6 Å². The molecule has 0 aromatic carbocycles. The standard InChI is InChI=1S/C12H20N6O2/c13-17-12-15-8-10(18(19)20)11(16-12)14-7-6-9-4-2-1-3-5-9/h8-9H,1-7,13H2,(H2,14,15,16,17). The Morgan fingerprint density at radius 3 is 2.80 bits per heavy atom. The van der Waals surface area contributed by atoms with Crippen LogP contribution in [-0.2, 0) is 0 Å². The van der Waals surface area contributed by atoms with E-state index < -0.39 is 4.92 Å². The average Bonchev–Trinajstić information content (AvgIpc) is 2.48. The van der Waals surface area contributed by atoms with Crippen molar-refractivity contribution >= 4 is 17.5 Å². The van der Waals surface area contributed by atoms with E-state index in [-0.39, 0.29) is 17.5 Å². The van der Waals surface area contributed by atoms with Crippen LogP contribution in [0.3, 0.4) is 0 Å². The molecule has 1 aromatic heterocycles. The van der Waals surface area contributed by atoms with Gasteiger partial charge in [0.1, 0.15) is 6.20 Å². The highest BCUT2D eigenvalue weighted by molar-refractivity contribution is 5.56. The second kappa shape index (κ2) is 6.99. The predicted molar refractivity (Wildman–Crippen MR) is 76.2 cm³/mol. The lowest BCUT2D eigenvalue weighted by Crippen LogP contribution is -2.15. The minimum absolute atomic E-state index is 0.132. The molecular weight excluding hydrogens is 260 g/mol. The van der Waals surface area contributed by atoms with Crippen molar-refractivity contribution in [2.24, 2.45) is 11.8 Å². The summed E-state index contributed by atoms with van der Waals surface area (Å²) in [5.41, 5.74) is 2.16. The molecule has 0 radical (unpaired) electrons. The zero-order chi connectivity index (χ0) is 14.4. The third kappa shape index (κ3) is 3.77. The van der Waals surface area contributed by atoms with Crippen molar-refractivity contribution in [1.82, 2.24) is 9.97 Å². The SMILES string of the molecule is NNc1ncc([N+](=O)[O-])c(NCCC2CCCCC2)n1. The highest BCUT2D eigenvalue weighted by Crippen LogP contribution is 2.27. The summed E-state index contributed by atoms with van der Waals surface area (Å²) in [6, 6.07) is 0. The summed E-state index contributed by atoms with van der Waals surface area (Å²) in [5, 5.41) is 13.9. The summed E-state index contributed by atoms with van der Waals surface area (Å²) >= 11 is 0. The van der Waals surface area contributed by atoms with Crippen molar-refractivity contribution < 1.29 is 4.92 Å². The van der Waals surface area contributed by atoms with Crippen LogP contribution in [0.15, 0.2) is 6.20 Å². The number of hydrogen-bond donors (Lipinski definition) is 3. The molecule has 0 amide bonds. The van der Waals surface area contributed by atoms with Crippen molar-refractivity contribution in [3.63, 3.8) is 0 Å². The maximum Gasteiger partial charge on any atom is 0.329 e. The number of anilines is 2. The molecule has 20 heavy (non-hydrogen) atoms. The first-order valence-electron chi connectivity index (χ1n) is 6.92. The third-order valence-corrected chi connectivity index (χ3v) is 3.67. The largest absolute Gasteiger partial charge is 0.364 e. The molecule has 1 saturated carbocycles. The van der Waals surface area contributed by atoms with Gasteiger partial charge >= 0.3 is 5.69 Å². The Morgan fingerprint density at radius 1 is 1.40 bits per heavy atom. The van der Waals surface area contributed by atoms with Crippen molar-refractivity contribution in [1.29, 1.82) is 0 Å². The molecule has 1 aliphatic rings. The number of aromatic nitrogens is 2. The van der Waals surface area contributed by atoms with Gasteiger partial charge in [-0.05, 0) is 12.3 Å². The van der Waals surface area contributed by atoms with Gasteiger partial charge in [0, 0.05) is 6.54 Å². The molecular formula is C12H20N6O2. The minimum Gasteiger partial charge on any atom is -0.364 e. The summed E-state index contributed by atoms with van der Waals surface area (Å²) in [6.07, 6.45) is 8.58. The maximum atomic E-state index is 10.9. The number of nitrogen functional groups attached to an aromatic ring is 1. The lowest BCUT2D eigenvalue weighted by Gasteiger charge is -2.21. The first-order valence-corrected chi connectivity index (χ1v) is 6.92. The molecule has 0 spiro atoms. The van der Waals surface area contributed by atoms with E-state index in [2.05, 4.69) is 20.7 Å². The zero-order valence-corrected chi connectivity index (χ0v) is 11.3. The Balaban J connectivity index is 1.94. The van der Waals surface area contributed by atoms with E-state index in [0.29, 0.717) is 12.5 Å². The Morgan fingerprint density at radius 2 is 2.15 bits per heavy atom. The van der Waals surface area contributed by atoms with Crippen molar-refractivity contribution in [3.8, 4) is 0 Å². The fourth-order valence-corrected chi connectivity index (χ4v) is 2.58. The number of nitrogens with two attached hydrogens (primary N) is 1. The molecule has 1 aliphatic carbocycles. The molecule has 1 heterocycles. The Hall–Kier alpha value is -1.96. The molecule has 1 fully saturated rings. The molecule has 1 aromatic rings. The second-order valence-corrected chi connectivity index (χ2v) is 5.05. The fourth-order valence-electron chi connectivity index (χ4n) is 2.58. The summed E-state index contributed by atoms with van der Waals surface area (Å²) < 4.78 is 0. The van der Waals surface area contributed by atoms with Gasteiger partial charge in [-0.15, -0.1) is 0 Å². The molecule has 0 atom stereocenters. The number of nitrogens with zero attached hydrogens (tertiary/aromatic N) is 3. The highest BCUT2D eigenvalue weighted by atomic mass is 16.6. The summed E-state index contributed by atoms with van der Waals surface area (Å²) in [5.74, 6) is 6.31. The molecule has 0 bridgehead atoms. The Kier molecular flexibility index (Phi) is 5.05. The Labute approximate surface area is 117 Å². The van der Waals surface area contributed by atoms with Gasteiger partial charge in [-0.25, -0.2) is 10.8 Å². The van der Waals surface area contributed by atoms with Crippen LogP contribution < -0.4 is 16.6 Å². The van der Waals surface area contributed by atoms with E-state index in [4.69, 9.17) is 5.84 Å². The van der Waals surface area contributed by atoms with Crippen LogP contribution in [0, 0.1) is 16.0 Å². The number of nitrogens with one attached hydrogen (secondary N) is 2. The molecule has 110 valence electrons. The molecule has 0 unspecified atom stereocenters. The van der Waals surface area contributed by atoms with Gasteiger partial charge in [0.05, 0.1) is 4.92 Å². The molecule has 0 saturated heterocycles. The minimum atomic E-state index is -0.497. The van der Waals surface area contributed by atoms with Crippen LogP contribution in [0.1, 0.15) is 38.5 Å². The molecule has 2 rings (SSSR count). The van der Waals surface area contributed by atoms with Gasteiger partial charge in [0.15, 0.2) is 0 Å². The fraction of sp³-hybridized carbons (Fsp3) is 0.667. The zero-order valence-electron chi connectivity index (χ0n) is 11.3. The Bertz CT molecular complexity index is 461. The number of nitro groups is 1. The van der Waals surface area contributed by atoms with Gasteiger partial charge < -0.3 is 5.32 Å². The quantitative estimate of drug-likeness (QED) is 0.414. The molecule has 8 nitrogen and oxygen atoms in total. The van der Waals surface area contributed by atoms with Crippen molar-refractivity contribution in [2.45, 2.75) is 38.5 Å². The van der Waals surface area contributed by atoms with Crippen LogP contribution in [0.2, 0.25) is 0 Å². The average molecular weight is 280 g/mol. The number of hydrazine groups is 1. The van der Waals surface area contributed by atoms with Crippen LogP contribution in [0.4, 0.5) is 17.5 Å². The van der Waals surface area contributed by atoms with Gasteiger partial charge in [0.25, 0.3) is 0 Å². The third-order valence-electron chi connectivity index (χ3n) is 3.67. The van der Waals surface area contributed by atoms with Crippen molar-refractivity contribution in [3.05, 3.63) is 16.3 Å². The van der Waals surface area contributed by atoms with Crippen LogP contribution in [0.5, 0.6) is 0 Å². The van der Waals surface area contributed by atoms with Gasteiger partial charge in [-0.2, -0.15) is 4.98 Å². The van der Waals surface area contributed by atoms with E-state index in [1.165, 1.54) is 32.1 Å². The molecule has 0 aliphatic heterocycles. The predicted octanol–water partition coefficient (Wildman–Crippen LogP) is 2.05. The van der Waals surface area contributed by atoms with Crippen LogP contribution in [0.25, 0.3) is 0 Å². The topological polar surface area (TPSA) is 119 Å². The first kappa shape index (κ1) is 14.4. The summed E-state index contributed by atoms with van der Waals surface area (Å²) in [4.78, 5) is 18.2. The van der Waals surface area contributed by atoms with Gasteiger partial charge in [-0.3, -0.25) is 15.5 Å². The highest BCUT2D eigenvalue weighted by Gasteiger charge is 2.18. The lowest BCUT2D eigenvalue weighted by atomic mass is 9.87. The lowest BCUT2D eigenvalue weighted by molar-refractivity contribution is -0.384. The summed E-state index contributed by atoms with van der Waals surface area (Å²) in [7, 11) is 0. The monoisotopic (exact) mass is 280 g/mol. The van der Waals surface area contributed by atoms with Gasteiger partial charge in [0.2, 0.25) is 11.8 Å². The van der Waals surface area contributed by atoms with E-state index >= 15 is 0 Å².